The van der Waals surface area contributed by atoms with E-state index in [4.69, 9.17) is 4.74 Å². The van der Waals surface area contributed by atoms with Gasteiger partial charge in [0.1, 0.15) is 5.75 Å². The first-order chi connectivity index (χ1) is 12.8. The van der Waals surface area contributed by atoms with E-state index in [0.717, 1.165) is 16.0 Å². The monoisotopic (exact) mass is 365 g/mol. The van der Waals surface area contributed by atoms with Gasteiger partial charge in [-0.25, -0.2) is 4.90 Å². The van der Waals surface area contributed by atoms with Crippen LogP contribution in [-0.4, -0.2) is 23.5 Å². The molecule has 3 rings (SSSR count). The summed E-state index contributed by atoms with van der Waals surface area (Å²) in [4.78, 5) is 26.6. The molecule has 0 atom stereocenters. The van der Waals surface area contributed by atoms with E-state index < -0.39 is 17.6 Å². The Hall–Kier alpha value is -3.08. The average Bonchev–Trinajstić information content (AvgIpc) is 2.85. The molecule has 0 spiro atoms. The Kier molecular flexibility index (Phi) is 5.04. The fourth-order valence-corrected chi connectivity index (χ4v) is 2.94. The molecule has 2 aromatic carbocycles. The normalized spacial score (nSPS) is 14.5. The first-order valence-corrected chi connectivity index (χ1v) is 8.92. The predicted octanol–water partition coefficient (Wildman–Crippen LogP) is 4.18. The van der Waals surface area contributed by atoms with Crippen LogP contribution in [0.2, 0.25) is 0 Å². The third-order valence-corrected chi connectivity index (χ3v) is 4.39. The van der Waals surface area contributed by atoms with E-state index in [1.165, 1.54) is 0 Å². The summed E-state index contributed by atoms with van der Waals surface area (Å²) in [6.45, 7) is 8.41. The van der Waals surface area contributed by atoms with Crippen LogP contribution < -0.4 is 9.64 Å². The zero-order chi connectivity index (χ0) is 19.7. The second-order valence-electron chi connectivity index (χ2n) is 7.19. The maximum Gasteiger partial charge on any atom is 0.301 e. The van der Waals surface area contributed by atoms with Crippen molar-refractivity contribution in [2.24, 2.45) is 5.92 Å². The predicted molar refractivity (Wildman–Crippen MR) is 105 cm³/mol. The number of amides is 2. The summed E-state index contributed by atoms with van der Waals surface area (Å²) in [5.74, 6) is -0.685. The summed E-state index contributed by atoms with van der Waals surface area (Å²) in [5, 5.41) is 10.4. The van der Waals surface area contributed by atoms with E-state index >= 15 is 0 Å². The van der Waals surface area contributed by atoms with Crippen LogP contribution in [0.4, 0.5) is 5.69 Å². The molecular weight excluding hydrogens is 342 g/mol. The lowest BCUT2D eigenvalue weighted by molar-refractivity contribution is -0.121. The van der Waals surface area contributed by atoms with Gasteiger partial charge in [0.25, 0.3) is 5.91 Å². The smallest absolute Gasteiger partial charge is 0.301 e. The number of aliphatic hydroxyl groups excluding tert-OH is 1. The van der Waals surface area contributed by atoms with Gasteiger partial charge in [0.05, 0.1) is 17.9 Å². The molecule has 0 aliphatic carbocycles. The highest BCUT2D eigenvalue weighted by Gasteiger charge is 2.40. The molecule has 5 heteroatoms. The summed E-state index contributed by atoms with van der Waals surface area (Å²) in [6.07, 6.45) is 0. The number of aryl methyl sites for hydroxylation is 2. The molecule has 1 aliphatic heterocycles. The Balaban J connectivity index is 1.91. The molecule has 5 nitrogen and oxygen atoms in total. The number of benzene rings is 2. The number of anilines is 1. The van der Waals surface area contributed by atoms with Gasteiger partial charge in [0, 0.05) is 0 Å². The largest absolute Gasteiger partial charge is 0.502 e. The third kappa shape index (κ3) is 3.58. The Labute approximate surface area is 158 Å². The lowest BCUT2D eigenvalue weighted by Gasteiger charge is -2.17. The maximum atomic E-state index is 12.9. The first kappa shape index (κ1) is 18.7. The number of carbonyl (C=O) groups excluding carboxylic acids is 2. The average molecular weight is 365 g/mol. The molecule has 1 N–H and O–H groups in total. The number of carbonyl (C=O) groups is 2. The Bertz CT molecular complexity index is 926. The molecule has 2 amide bonds. The second-order valence-corrected chi connectivity index (χ2v) is 7.19. The van der Waals surface area contributed by atoms with E-state index in [1.807, 2.05) is 26.0 Å². The molecule has 0 radical (unpaired) electrons. The highest BCUT2D eigenvalue weighted by molar-refractivity contribution is 6.45. The van der Waals surface area contributed by atoms with Crippen LogP contribution in [0.25, 0.3) is 5.57 Å². The molecule has 0 unspecified atom stereocenters. The van der Waals surface area contributed by atoms with Gasteiger partial charge >= 0.3 is 5.91 Å². The first-order valence-electron chi connectivity index (χ1n) is 8.92. The minimum atomic E-state index is -0.705. The van der Waals surface area contributed by atoms with Crippen molar-refractivity contribution in [3.05, 3.63) is 64.9 Å². The highest BCUT2D eigenvalue weighted by atomic mass is 16.5. The van der Waals surface area contributed by atoms with E-state index in [0.29, 0.717) is 29.5 Å². The van der Waals surface area contributed by atoms with Crippen LogP contribution in [0.3, 0.4) is 0 Å². The van der Waals surface area contributed by atoms with Crippen molar-refractivity contribution >= 4 is 23.1 Å². The van der Waals surface area contributed by atoms with Gasteiger partial charge in [0.2, 0.25) is 0 Å². The van der Waals surface area contributed by atoms with E-state index in [2.05, 4.69) is 13.8 Å². The van der Waals surface area contributed by atoms with Gasteiger partial charge in [-0.15, -0.1) is 0 Å². The second kappa shape index (κ2) is 7.27. The molecule has 27 heavy (non-hydrogen) atoms. The Morgan fingerprint density at radius 1 is 1.00 bits per heavy atom. The minimum Gasteiger partial charge on any atom is -0.502 e. The molecule has 0 bridgehead atoms. The van der Waals surface area contributed by atoms with Crippen molar-refractivity contribution in [2.75, 3.05) is 11.5 Å². The van der Waals surface area contributed by atoms with Gasteiger partial charge in [0.15, 0.2) is 5.76 Å². The van der Waals surface area contributed by atoms with Gasteiger partial charge in [-0.05, 0) is 54.7 Å². The van der Waals surface area contributed by atoms with E-state index in [9.17, 15) is 14.7 Å². The van der Waals surface area contributed by atoms with Gasteiger partial charge < -0.3 is 9.84 Å². The number of ether oxygens (including phenoxy) is 1. The molecule has 2 aromatic rings. The van der Waals surface area contributed by atoms with Crippen LogP contribution in [0.1, 0.15) is 30.5 Å². The minimum absolute atomic E-state index is 0.0105. The molecule has 0 saturated heterocycles. The van der Waals surface area contributed by atoms with E-state index in [-0.39, 0.29) is 5.57 Å². The lowest BCUT2D eigenvalue weighted by atomic mass is 10.1. The van der Waals surface area contributed by atoms with Crippen LogP contribution in [0.5, 0.6) is 5.75 Å². The number of nitrogens with zero attached hydrogens (tertiary/aromatic N) is 1. The van der Waals surface area contributed by atoms with Crippen LogP contribution >= 0.6 is 0 Å². The van der Waals surface area contributed by atoms with Crippen molar-refractivity contribution in [3.63, 3.8) is 0 Å². The molecule has 1 aliphatic rings. The van der Waals surface area contributed by atoms with Crippen molar-refractivity contribution in [1.82, 2.24) is 0 Å². The molecule has 0 fully saturated rings. The maximum absolute atomic E-state index is 12.9. The van der Waals surface area contributed by atoms with Crippen molar-refractivity contribution in [2.45, 2.75) is 27.7 Å². The number of hydrogen-bond acceptors (Lipinski definition) is 4. The zero-order valence-electron chi connectivity index (χ0n) is 15.9. The number of rotatable bonds is 5. The summed E-state index contributed by atoms with van der Waals surface area (Å²) < 4.78 is 5.64. The third-order valence-electron chi connectivity index (χ3n) is 4.39. The summed E-state index contributed by atoms with van der Waals surface area (Å²) in [7, 11) is 0. The quantitative estimate of drug-likeness (QED) is 0.807. The Morgan fingerprint density at radius 3 is 2.30 bits per heavy atom. The van der Waals surface area contributed by atoms with Crippen molar-refractivity contribution in [1.29, 1.82) is 0 Å². The lowest BCUT2D eigenvalue weighted by Crippen LogP contribution is -2.32. The van der Waals surface area contributed by atoms with Gasteiger partial charge in [-0.1, -0.05) is 38.1 Å². The van der Waals surface area contributed by atoms with Crippen molar-refractivity contribution in [3.8, 4) is 5.75 Å². The van der Waals surface area contributed by atoms with Gasteiger partial charge in [-0.3, -0.25) is 9.59 Å². The van der Waals surface area contributed by atoms with Crippen LogP contribution in [0, 0.1) is 19.8 Å². The zero-order valence-corrected chi connectivity index (χ0v) is 15.9. The summed E-state index contributed by atoms with van der Waals surface area (Å²) >= 11 is 0. The topological polar surface area (TPSA) is 66.8 Å². The Morgan fingerprint density at radius 2 is 1.67 bits per heavy atom. The van der Waals surface area contributed by atoms with Crippen LogP contribution in [0.15, 0.2) is 48.2 Å². The fraction of sp³-hybridized carbons (Fsp3) is 0.273. The van der Waals surface area contributed by atoms with Crippen molar-refractivity contribution < 1.29 is 19.4 Å². The fourth-order valence-electron chi connectivity index (χ4n) is 2.94. The molecule has 140 valence electrons. The highest BCUT2D eigenvalue weighted by Crippen LogP contribution is 2.34. The summed E-state index contributed by atoms with van der Waals surface area (Å²) in [5.41, 5.74) is 2.69. The summed E-state index contributed by atoms with van der Waals surface area (Å²) in [6, 6.07) is 12.4. The number of imide groups is 1. The van der Waals surface area contributed by atoms with E-state index in [1.54, 1.807) is 30.3 Å². The van der Waals surface area contributed by atoms with Gasteiger partial charge in [-0.2, -0.15) is 0 Å². The van der Waals surface area contributed by atoms with Crippen LogP contribution in [-0.2, 0) is 9.59 Å². The standard InChI is InChI=1S/C22H23NO4/c1-13(2)12-27-17-9-7-16(8-10-17)19-20(24)22(26)23(21(19)25)18-11-14(3)5-6-15(18)4/h5-11,13,24H,12H2,1-4H3. The molecule has 0 aromatic heterocycles. The number of hydrogen-bond donors (Lipinski definition) is 1. The molecule has 0 saturated carbocycles. The number of aliphatic hydroxyl groups is 1. The molecular formula is C22H23NO4. The molecule has 1 heterocycles. The SMILES string of the molecule is Cc1ccc(C)c(N2C(=O)C(O)=C(c3ccc(OCC(C)C)cc3)C2=O)c1.